The number of aryl methyl sites for hydroxylation is 1. The van der Waals surface area contributed by atoms with Crippen LogP contribution in [0.25, 0.3) is 0 Å². The van der Waals surface area contributed by atoms with Gasteiger partial charge in [0.05, 0.1) is 11.7 Å². The first-order valence-electron chi connectivity index (χ1n) is 13.2. The van der Waals surface area contributed by atoms with Gasteiger partial charge in [-0.2, -0.15) is 0 Å². The summed E-state index contributed by atoms with van der Waals surface area (Å²) < 4.78 is 0. The van der Waals surface area contributed by atoms with Gasteiger partial charge in [-0.1, -0.05) is 26.8 Å². The molecule has 0 bridgehead atoms. The molecule has 38 heavy (non-hydrogen) atoms. The maximum absolute atomic E-state index is 13.9. The number of carbonyl (C=O) groups is 3. The molecule has 0 aliphatic heterocycles. The van der Waals surface area contributed by atoms with E-state index in [2.05, 4.69) is 19.2 Å². The molecule has 7 N–H and O–H groups in total. The highest BCUT2D eigenvalue weighted by atomic mass is 16.3. The summed E-state index contributed by atoms with van der Waals surface area (Å²) in [5.74, 6) is -6.79. The minimum absolute atomic E-state index is 0.0736. The van der Waals surface area contributed by atoms with E-state index in [9.17, 15) is 34.8 Å². The van der Waals surface area contributed by atoms with Gasteiger partial charge in [0, 0.05) is 29.6 Å². The summed E-state index contributed by atoms with van der Waals surface area (Å²) in [5, 5.41) is 48.6. The van der Waals surface area contributed by atoms with Crippen LogP contribution in [0.15, 0.2) is 17.4 Å². The zero-order valence-corrected chi connectivity index (χ0v) is 22.6. The molecule has 1 saturated carbocycles. The number of hydrogen-bond acceptors (Lipinski definition) is 9. The van der Waals surface area contributed by atoms with Crippen molar-refractivity contribution in [3.8, 4) is 5.75 Å². The van der Waals surface area contributed by atoms with Crippen molar-refractivity contribution in [3.05, 3.63) is 39.7 Å². The first-order chi connectivity index (χ1) is 17.8. The largest absolute Gasteiger partial charge is 0.508 e. The number of nitrogens with zero attached hydrogens (tertiary/aromatic N) is 1. The number of fused-ring (bicyclic) bond motifs is 3. The summed E-state index contributed by atoms with van der Waals surface area (Å²) in [7, 11) is 3.28. The number of nitrogens with two attached hydrogens (primary N) is 1. The van der Waals surface area contributed by atoms with Gasteiger partial charge in [-0.25, -0.2) is 0 Å². The van der Waals surface area contributed by atoms with Gasteiger partial charge in [0.15, 0.2) is 17.2 Å². The molecule has 0 spiro atoms. The van der Waals surface area contributed by atoms with Crippen LogP contribution in [0.5, 0.6) is 5.75 Å². The van der Waals surface area contributed by atoms with Gasteiger partial charge in [0.2, 0.25) is 5.91 Å². The van der Waals surface area contributed by atoms with E-state index < -0.39 is 58.7 Å². The van der Waals surface area contributed by atoms with E-state index in [4.69, 9.17) is 5.73 Å². The highest BCUT2D eigenvalue weighted by Crippen LogP contribution is 2.53. The Bertz CT molecular complexity index is 1210. The summed E-state index contributed by atoms with van der Waals surface area (Å²) >= 11 is 0. The second kappa shape index (κ2) is 10.1. The average molecular weight is 530 g/mol. The van der Waals surface area contributed by atoms with Crippen molar-refractivity contribution in [2.75, 3.05) is 20.6 Å². The Kier molecular flexibility index (Phi) is 7.48. The number of allylic oxidation sites excluding steroid dienone is 1. The Morgan fingerprint density at radius 1 is 1.24 bits per heavy atom. The van der Waals surface area contributed by atoms with Gasteiger partial charge < -0.3 is 36.4 Å². The molecule has 1 aromatic rings. The van der Waals surface area contributed by atoms with Crippen molar-refractivity contribution in [3.63, 3.8) is 0 Å². The highest BCUT2D eigenvalue weighted by Gasteiger charge is 2.66. The first-order valence-corrected chi connectivity index (χ1v) is 13.2. The van der Waals surface area contributed by atoms with Crippen LogP contribution in [0.3, 0.4) is 0 Å². The van der Waals surface area contributed by atoms with Crippen LogP contribution >= 0.6 is 0 Å². The lowest BCUT2D eigenvalue weighted by molar-refractivity contribution is -0.178. The molecule has 1 amide bonds. The number of primary amides is 1. The normalized spacial score (nSPS) is 30.9. The second-order valence-corrected chi connectivity index (χ2v) is 11.6. The van der Waals surface area contributed by atoms with Gasteiger partial charge in [-0.05, 0) is 62.9 Å². The van der Waals surface area contributed by atoms with E-state index in [0.717, 1.165) is 12.1 Å². The van der Waals surface area contributed by atoms with Crippen LogP contribution in [0.1, 0.15) is 54.2 Å². The number of hydrogen-bond donors (Lipinski definition) is 6. The van der Waals surface area contributed by atoms with Gasteiger partial charge >= 0.3 is 0 Å². The maximum atomic E-state index is 13.9. The summed E-state index contributed by atoms with van der Waals surface area (Å²) in [6.45, 7) is 7.15. The zero-order chi connectivity index (χ0) is 28.3. The van der Waals surface area contributed by atoms with Gasteiger partial charge in [0.1, 0.15) is 17.4 Å². The molecule has 1 fully saturated rings. The molecule has 208 valence electrons. The molecule has 3 aliphatic carbocycles. The quantitative estimate of drug-likeness (QED) is 0.276. The number of aliphatic hydroxyl groups excluding tert-OH is 2. The van der Waals surface area contributed by atoms with Crippen molar-refractivity contribution in [2.24, 2.45) is 29.4 Å². The number of likely N-dealkylation sites (N-methyl/N-ethyl adjacent to an activating group) is 1. The molecule has 0 radical (unpaired) electrons. The fourth-order valence-electron chi connectivity index (χ4n) is 6.76. The van der Waals surface area contributed by atoms with Crippen LogP contribution in [-0.4, -0.2) is 81.2 Å². The van der Waals surface area contributed by atoms with Crippen molar-refractivity contribution < 1.29 is 34.8 Å². The molecule has 0 aromatic heterocycles. The predicted molar refractivity (Wildman–Crippen MR) is 139 cm³/mol. The number of aliphatic hydroxyl groups is 3. The molecule has 3 aliphatic rings. The average Bonchev–Trinajstić information content (AvgIpc) is 2.82. The van der Waals surface area contributed by atoms with Crippen LogP contribution in [0.4, 0.5) is 0 Å². The fraction of sp³-hybridized carbons (Fsp3) is 0.607. The first kappa shape index (κ1) is 28.2. The molecule has 0 saturated heterocycles. The van der Waals surface area contributed by atoms with E-state index in [1.54, 1.807) is 19.0 Å². The summed E-state index contributed by atoms with van der Waals surface area (Å²) in [6.07, 6.45) is -0.444. The van der Waals surface area contributed by atoms with Gasteiger partial charge in [-0.3, -0.25) is 14.4 Å². The van der Waals surface area contributed by atoms with Gasteiger partial charge in [0.25, 0.3) is 0 Å². The number of rotatable bonds is 7. The minimum atomic E-state index is -2.58. The third kappa shape index (κ3) is 4.14. The van der Waals surface area contributed by atoms with Crippen molar-refractivity contribution in [1.29, 1.82) is 0 Å². The number of phenolic OH excluding ortho intramolecular Hbond substituents is 1. The third-order valence-electron chi connectivity index (χ3n) is 8.51. The molecule has 2 unspecified atom stereocenters. The van der Waals surface area contributed by atoms with E-state index in [1.165, 1.54) is 0 Å². The molecule has 6 atom stereocenters. The van der Waals surface area contributed by atoms with Gasteiger partial charge in [-0.15, -0.1) is 0 Å². The summed E-state index contributed by atoms with van der Waals surface area (Å²) in [6, 6.07) is 1.01. The molecule has 10 heteroatoms. The van der Waals surface area contributed by atoms with E-state index in [1.807, 2.05) is 13.0 Å². The lowest BCUT2D eigenvalue weighted by atomic mass is 9.55. The number of aromatic hydroxyl groups is 1. The van der Waals surface area contributed by atoms with Crippen molar-refractivity contribution in [2.45, 2.75) is 64.3 Å². The number of ketones is 2. The molecular formula is C28H39N3O7. The van der Waals surface area contributed by atoms with E-state index in [-0.39, 0.29) is 23.3 Å². The molecule has 0 heterocycles. The molecule has 10 nitrogen and oxygen atoms in total. The topological polar surface area (TPSA) is 173 Å². The molecular weight excluding hydrogens is 490 g/mol. The number of Topliss-reactive ketones (excluding diaryl/α,β-unsaturated/α-hetero) is 2. The number of benzene rings is 1. The van der Waals surface area contributed by atoms with Crippen LogP contribution in [0, 0.1) is 23.7 Å². The number of nitrogens with one attached hydrogen (secondary N) is 1. The third-order valence-corrected chi connectivity index (χ3v) is 8.51. The summed E-state index contributed by atoms with van der Waals surface area (Å²) in [5.41, 5.74) is 4.95. The Morgan fingerprint density at radius 2 is 1.89 bits per heavy atom. The van der Waals surface area contributed by atoms with Crippen LogP contribution in [-0.2, 0) is 29.0 Å². The molecule has 4 rings (SSSR count). The monoisotopic (exact) mass is 529 g/mol. The number of phenols is 1. The van der Waals surface area contributed by atoms with E-state index in [0.29, 0.717) is 36.4 Å². The minimum Gasteiger partial charge on any atom is -0.508 e. The fourth-order valence-corrected chi connectivity index (χ4v) is 6.76. The Labute approximate surface area is 222 Å². The second-order valence-electron chi connectivity index (χ2n) is 11.6. The SMILES string of the molecule is CCc1cc(CNCC(C)C)c(O)c2c1C[C@H]1C[C@H]3[C@H](N(C)C)C(O)C(C(N)=O)C(=O)[C@@]3(O)C(O)=C1C2=O. The van der Waals surface area contributed by atoms with Crippen molar-refractivity contribution >= 4 is 17.5 Å². The number of amides is 1. The smallest absolute Gasteiger partial charge is 0.230 e. The predicted octanol–water partition coefficient (Wildman–Crippen LogP) is 0.594. The zero-order valence-electron chi connectivity index (χ0n) is 22.6. The lowest BCUT2D eigenvalue weighted by Crippen LogP contribution is -2.71. The maximum Gasteiger partial charge on any atom is 0.230 e. The van der Waals surface area contributed by atoms with Crippen molar-refractivity contribution in [1.82, 2.24) is 10.2 Å². The lowest BCUT2D eigenvalue weighted by Gasteiger charge is -2.53. The van der Waals surface area contributed by atoms with Crippen LogP contribution in [0.2, 0.25) is 0 Å². The Morgan fingerprint density at radius 3 is 2.45 bits per heavy atom. The van der Waals surface area contributed by atoms with E-state index >= 15 is 0 Å². The highest BCUT2D eigenvalue weighted by molar-refractivity contribution is 6.15. The standard InChI is InChI=1S/C28H39N3O7/c1-6-13-7-15(11-30-10-12(2)3)22(32)19-16(13)8-14-9-17-21(31(4)5)24(34)20(27(29)37)26(36)28(17,38)25(35)18(14)23(19)33/h7,12,14,17,20-21,24,30,32,34-35,38H,6,8-11H2,1-5H3,(H2,29,37)/t14-,17-,20?,21-,24?,28-/m0/s1. The molecule has 1 aromatic carbocycles. The Hall–Kier alpha value is -2.79. The Balaban J connectivity index is 1.87. The number of carbonyl (C=O) groups excluding carboxylic acids is 3. The summed E-state index contributed by atoms with van der Waals surface area (Å²) in [4.78, 5) is 41.1. The van der Waals surface area contributed by atoms with Crippen LogP contribution < -0.4 is 11.1 Å².